The van der Waals surface area contributed by atoms with Gasteiger partial charge in [0.15, 0.2) is 5.76 Å². The number of furan rings is 1. The predicted molar refractivity (Wildman–Crippen MR) is 91.3 cm³/mol. The zero-order valence-electron chi connectivity index (χ0n) is 14.3. The average Bonchev–Trinajstić information content (AvgIpc) is 3.15. The largest absolute Gasteiger partial charge is 0.459 e. The molecule has 0 radical (unpaired) electrons. The molecule has 0 atom stereocenters. The first-order valence-corrected chi connectivity index (χ1v) is 8.25. The van der Waals surface area contributed by atoms with E-state index in [1.165, 1.54) is 18.7 Å². The molecule has 3 rings (SSSR count). The monoisotopic (exact) mass is 343 g/mol. The van der Waals surface area contributed by atoms with Crippen molar-refractivity contribution in [3.05, 3.63) is 42.1 Å². The van der Waals surface area contributed by atoms with Gasteiger partial charge in [0.05, 0.1) is 11.8 Å². The smallest absolute Gasteiger partial charge is 0.289 e. The number of nitrogens with zero attached hydrogens (tertiary/aromatic N) is 4. The number of hydrogen-bond donors (Lipinski definition) is 1. The van der Waals surface area contributed by atoms with E-state index in [0.717, 1.165) is 0 Å². The fraction of sp³-hybridized carbons (Fsp3) is 0.412. The Bertz CT molecular complexity index is 719. The van der Waals surface area contributed by atoms with Gasteiger partial charge < -0.3 is 19.5 Å². The van der Waals surface area contributed by atoms with E-state index in [1.54, 1.807) is 21.9 Å². The zero-order chi connectivity index (χ0) is 17.8. The summed E-state index contributed by atoms with van der Waals surface area (Å²) in [6.45, 7) is 5.87. The van der Waals surface area contributed by atoms with Crippen molar-refractivity contribution in [2.24, 2.45) is 0 Å². The third kappa shape index (κ3) is 3.96. The molecule has 2 aromatic heterocycles. The molecule has 25 heavy (non-hydrogen) atoms. The highest BCUT2D eigenvalue weighted by atomic mass is 16.3. The molecule has 1 aliphatic heterocycles. The summed E-state index contributed by atoms with van der Waals surface area (Å²) in [5.41, 5.74) is 0.445. The second kappa shape index (κ2) is 7.33. The summed E-state index contributed by atoms with van der Waals surface area (Å²) in [4.78, 5) is 36.5. The molecule has 1 fully saturated rings. The number of rotatable bonds is 4. The van der Waals surface area contributed by atoms with Crippen LogP contribution in [0.3, 0.4) is 0 Å². The molecule has 3 heterocycles. The minimum atomic E-state index is -0.149. The van der Waals surface area contributed by atoms with Crippen molar-refractivity contribution in [3.8, 4) is 0 Å². The molecular weight excluding hydrogens is 322 g/mol. The van der Waals surface area contributed by atoms with E-state index in [4.69, 9.17) is 4.42 Å². The molecular formula is C17H21N5O3. The Morgan fingerprint density at radius 3 is 2.20 bits per heavy atom. The minimum Gasteiger partial charge on any atom is -0.459 e. The average molecular weight is 343 g/mol. The van der Waals surface area contributed by atoms with Crippen LogP contribution >= 0.6 is 0 Å². The topological polar surface area (TPSA) is 91.6 Å². The number of hydrogen-bond acceptors (Lipinski definition) is 6. The number of anilines is 1. The van der Waals surface area contributed by atoms with Crippen molar-refractivity contribution in [2.75, 3.05) is 31.5 Å². The first-order chi connectivity index (χ1) is 12.0. The van der Waals surface area contributed by atoms with Crippen LogP contribution < -0.4 is 5.32 Å². The summed E-state index contributed by atoms with van der Waals surface area (Å²) in [6.07, 6.45) is 4.53. The Morgan fingerprint density at radius 1 is 1.08 bits per heavy atom. The van der Waals surface area contributed by atoms with Crippen LogP contribution in [-0.4, -0.2) is 63.8 Å². The Balaban J connectivity index is 1.57. The van der Waals surface area contributed by atoms with Crippen LogP contribution in [-0.2, 0) is 0 Å². The maximum Gasteiger partial charge on any atom is 0.289 e. The predicted octanol–water partition coefficient (Wildman–Crippen LogP) is 1.49. The van der Waals surface area contributed by atoms with Crippen LogP contribution in [0.1, 0.15) is 34.8 Å². The third-order valence-electron chi connectivity index (χ3n) is 3.90. The molecule has 2 amide bonds. The summed E-state index contributed by atoms with van der Waals surface area (Å²) < 4.78 is 5.14. The van der Waals surface area contributed by atoms with E-state index in [0.29, 0.717) is 43.5 Å². The lowest BCUT2D eigenvalue weighted by Crippen LogP contribution is -2.50. The molecule has 0 aliphatic carbocycles. The molecule has 2 aromatic rings. The van der Waals surface area contributed by atoms with Crippen LogP contribution in [0.15, 0.2) is 35.2 Å². The van der Waals surface area contributed by atoms with E-state index in [9.17, 15) is 9.59 Å². The van der Waals surface area contributed by atoms with E-state index in [1.807, 2.05) is 13.8 Å². The maximum atomic E-state index is 12.5. The zero-order valence-corrected chi connectivity index (χ0v) is 14.3. The lowest BCUT2D eigenvalue weighted by molar-refractivity contribution is 0.0517. The molecule has 0 aromatic carbocycles. The van der Waals surface area contributed by atoms with Crippen LogP contribution in [0.4, 0.5) is 5.95 Å². The Kier molecular flexibility index (Phi) is 4.97. The lowest BCUT2D eigenvalue weighted by Gasteiger charge is -2.34. The summed E-state index contributed by atoms with van der Waals surface area (Å²) in [5.74, 6) is 0.549. The molecule has 132 valence electrons. The van der Waals surface area contributed by atoms with E-state index in [2.05, 4.69) is 15.3 Å². The van der Waals surface area contributed by atoms with Crippen molar-refractivity contribution in [1.82, 2.24) is 19.8 Å². The lowest BCUT2D eigenvalue weighted by atomic mass is 10.2. The maximum absolute atomic E-state index is 12.5. The number of nitrogens with one attached hydrogen (secondary N) is 1. The standard InChI is InChI=1S/C17H21N5O3/c1-12(2)20-17-18-10-13(11-19-17)15(23)21-5-7-22(8-6-21)16(24)14-4-3-9-25-14/h3-4,9-12H,5-8H2,1-2H3,(H,18,19,20). The second-order valence-corrected chi connectivity index (χ2v) is 6.16. The molecule has 0 bridgehead atoms. The quantitative estimate of drug-likeness (QED) is 0.904. The number of carbonyl (C=O) groups is 2. The first kappa shape index (κ1) is 16.9. The summed E-state index contributed by atoms with van der Waals surface area (Å²) in [5, 5.41) is 3.08. The van der Waals surface area contributed by atoms with E-state index < -0.39 is 0 Å². The first-order valence-electron chi connectivity index (χ1n) is 8.25. The molecule has 8 heteroatoms. The van der Waals surface area contributed by atoms with Gasteiger partial charge in [-0.15, -0.1) is 0 Å². The molecule has 1 N–H and O–H groups in total. The Labute approximate surface area is 145 Å². The minimum absolute atomic E-state index is 0.124. The van der Waals surface area contributed by atoms with Gasteiger partial charge >= 0.3 is 0 Å². The summed E-state index contributed by atoms with van der Waals surface area (Å²) in [6, 6.07) is 3.55. The number of piperazine rings is 1. The van der Waals surface area contributed by atoms with Gasteiger partial charge in [-0.2, -0.15) is 0 Å². The Morgan fingerprint density at radius 2 is 1.68 bits per heavy atom. The normalized spacial score (nSPS) is 14.7. The van der Waals surface area contributed by atoms with Crippen molar-refractivity contribution in [1.29, 1.82) is 0 Å². The fourth-order valence-electron chi connectivity index (χ4n) is 2.62. The molecule has 0 unspecified atom stereocenters. The van der Waals surface area contributed by atoms with E-state index in [-0.39, 0.29) is 17.9 Å². The Hall–Kier alpha value is -2.90. The van der Waals surface area contributed by atoms with E-state index >= 15 is 0 Å². The number of amides is 2. The summed E-state index contributed by atoms with van der Waals surface area (Å²) in [7, 11) is 0. The molecule has 8 nitrogen and oxygen atoms in total. The molecule has 1 saturated heterocycles. The van der Waals surface area contributed by atoms with Gasteiger partial charge in [-0.1, -0.05) is 0 Å². The van der Waals surface area contributed by atoms with Gasteiger partial charge in [-0.3, -0.25) is 9.59 Å². The van der Waals surface area contributed by atoms with Gasteiger partial charge in [0, 0.05) is 44.6 Å². The van der Waals surface area contributed by atoms with Crippen molar-refractivity contribution in [2.45, 2.75) is 19.9 Å². The van der Waals surface area contributed by atoms with Crippen LogP contribution in [0.25, 0.3) is 0 Å². The molecule has 1 aliphatic rings. The van der Waals surface area contributed by atoms with Crippen molar-refractivity contribution < 1.29 is 14.0 Å². The van der Waals surface area contributed by atoms with Gasteiger partial charge in [-0.25, -0.2) is 9.97 Å². The third-order valence-corrected chi connectivity index (χ3v) is 3.90. The highest BCUT2D eigenvalue weighted by Gasteiger charge is 2.26. The van der Waals surface area contributed by atoms with Crippen molar-refractivity contribution in [3.63, 3.8) is 0 Å². The van der Waals surface area contributed by atoms with Gasteiger partial charge in [-0.05, 0) is 26.0 Å². The number of aromatic nitrogens is 2. The van der Waals surface area contributed by atoms with Gasteiger partial charge in [0.25, 0.3) is 11.8 Å². The van der Waals surface area contributed by atoms with Crippen LogP contribution in [0, 0.1) is 0 Å². The number of carbonyl (C=O) groups excluding carboxylic acids is 2. The SMILES string of the molecule is CC(C)Nc1ncc(C(=O)N2CCN(C(=O)c3ccco3)CC2)cn1. The second-order valence-electron chi connectivity index (χ2n) is 6.16. The van der Waals surface area contributed by atoms with Crippen LogP contribution in [0.5, 0.6) is 0 Å². The molecule has 0 saturated carbocycles. The highest BCUT2D eigenvalue weighted by Crippen LogP contribution is 2.12. The fourth-order valence-corrected chi connectivity index (χ4v) is 2.62. The highest BCUT2D eigenvalue weighted by molar-refractivity contribution is 5.94. The van der Waals surface area contributed by atoms with Gasteiger partial charge in [0.1, 0.15) is 0 Å². The summed E-state index contributed by atoms with van der Waals surface area (Å²) >= 11 is 0. The van der Waals surface area contributed by atoms with Crippen LogP contribution in [0.2, 0.25) is 0 Å². The van der Waals surface area contributed by atoms with Gasteiger partial charge in [0.2, 0.25) is 5.95 Å². The molecule has 0 spiro atoms. The van der Waals surface area contributed by atoms with Crippen molar-refractivity contribution >= 4 is 17.8 Å².